The van der Waals surface area contributed by atoms with Gasteiger partial charge in [0.1, 0.15) is 0 Å². The second-order valence-electron chi connectivity index (χ2n) is 4.75. The van der Waals surface area contributed by atoms with E-state index < -0.39 is 0 Å². The minimum atomic E-state index is -0.0220. The number of nitrogens with one attached hydrogen (secondary N) is 1. The van der Waals surface area contributed by atoms with Crippen LogP contribution in [0, 0.1) is 5.41 Å². The first-order valence-electron chi connectivity index (χ1n) is 4.92. The number of halogens is 1. The Kier molecular flexibility index (Phi) is 3.91. The van der Waals surface area contributed by atoms with Crippen molar-refractivity contribution in [2.45, 2.75) is 20.8 Å². The Bertz CT molecular complexity index is 355. The number of benzene rings is 1. The molecule has 0 aliphatic carbocycles. The van der Waals surface area contributed by atoms with Crippen molar-refractivity contribution in [1.82, 2.24) is 5.32 Å². The first-order chi connectivity index (χ1) is 6.88. The average Bonchev–Trinajstić information content (AvgIpc) is 2.13. The summed E-state index contributed by atoms with van der Waals surface area (Å²) in [6, 6.07) is 7.39. The molecule has 3 heteroatoms. The molecule has 1 rings (SSSR count). The van der Waals surface area contributed by atoms with Crippen molar-refractivity contribution >= 4 is 21.8 Å². The number of rotatable bonds is 2. The summed E-state index contributed by atoms with van der Waals surface area (Å²) < 4.78 is 0.922. The molecule has 15 heavy (non-hydrogen) atoms. The second kappa shape index (κ2) is 4.79. The SMILES string of the molecule is CC(C)(C)CNC(=O)c1cccc(Br)c1. The highest BCUT2D eigenvalue weighted by Crippen LogP contribution is 2.13. The van der Waals surface area contributed by atoms with Crippen molar-refractivity contribution in [2.75, 3.05) is 6.54 Å². The van der Waals surface area contributed by atoms with Crippen LogP contribution >= 0.6 is 15.9 Å². The zero-order chi connectivity index (χ0) is 11.5. The highest BCUT2D eigenvalue weighted by molar-refractivity contribution is 9.10. The van der Waals surface area contributed by atoms with E-state index in [1.54, 1.807) is 0 Å². The fourth-order valence-corrected chi connectivity index (χ4v) is 1.48. The zero-order valence-corrected chi connectivity index (χ0v) is 10.9. The maximum atomic E-state index is 11.7. The van der Waals surface area contributed by atoms with Gasteiger partial charge in [-0.05, 0) is 23.6 Å². The van der Waals surface area contributed by atoms with Gasteiger partial charge in [0.05, 0.1) is 0 Å². The number of hydrogen-bond donors (Lipinski definition) is 1. The van der Waals surface area contributed by atoms with Crippen molar-refractivity contribution in [3.05, 3.63) is 34.3 Å². The molecule has 1 amide bonds. The quantitative estimate of drug-likeness (QED) is 0.878. The van der Waals surface area contributed by atoms with E-state index in [0.717, 1.165) is 4.47 Å². The first-order valence-corrected chi connectivity index (χ1v) is 5.71. The molecule has 0 saturated heterocycles. The zero-order valence-electron chi connectivity index (χ0n) is 9.30. The maximum absolute atomic E-state index is 11.7. The number of amides is 1. The van der Waals surface area contributed by atoms with Crippen LogP contribution in [0.2, 0.25) is 0 Å². The third-order valence-electron chi connectivity index (χ3n) is 1.87. The second-order valence-corrected chi connectivity index (χ2v) is 5.67. The predicted octanol–water partition coefficient (Wildman–Crippen LogP) is 3.23. The molecule has 0 aromatic heterocycles. The molecule has 0 radical (unpaired) electrons. The lowest BCUT2D eigenvalue weighted by Gasteiger charge is -2.18. The van der Waals surface area contributed by atoms with Gasteiger partial charge < -0.3 is 5.32 Å². The summed E-state index contributed by atoms with van der Waals surface area (Å²) in [5, 5.41) is 2.91. The van der Waals surface area contributed by atoms with Crippen molar-refractivity contribution in [3.8, 4) is 0 Å². The topological polar surface area (TPSA) is 29.1 Å². The first kappa shape index (κ1) is 12.2. The van der Waals surface area contributed by atoms with Crippen molar-refractivity contribution < 1.29 is 4.79 Å². The Labute approximate surface area is 99.2 Å². The van der Waals surface area contributed by atoms with Crippen molar-refractivity contribution in [2.24, 2.45) is 5.41 Å². The summed E-state index contributed by atoms with van der Waals surface area (Å²) in [5.74, 6) is -0.0220. The standard InChI is InChI=1S/C12H16BrNO/c1-12(2,3)8-14-11(15)9-5-4-6-10(13)7-9/h4-7H,8H2,1-3H3,(H,14,15). The van der Waals surface area contributed by atoms with Crippen LogP contribution in [0.15, 0.2) is 28.7 Å². The fourth-order valence-electron chi connectivity index (χ4n) is 1.08. The van der Waals surface area contributed by atoms with E-state index in [4.69, 9.17) is 0 Å². The van der Waals surface area contributed by atoms with E-state index in [9.17, 15) is 4.79 Å². The Morgan fingerprint density at radius 3 is 2.60 bits per heavy atom. The van der Waals surface area contributed by atoms with E-state index >= 15 is 0 Å². The smallest absolute Gasteiger partial charge is 0.251 e. The summed E-state index contributed by atoms with van der Waals surface area (Å²) in [4.78, 5) is 11.7. The largest absolute Gasteiger partial charge is 0.352 e. The van der Waals surface area contributed by atoms with Gasteiger partial charge in [-0.2, -0.15) is 0 Å². The Morgan fingerprint density at radius 1 is 1.40 bits per heavy atom. The van der Waals surface area contributed by atoms with Crippen LogP contribution in [0.4, 0.5) is 0 Å². The molecule has 0 unspecified atom stereocenters. The lowest BCUT2D eigenvalue weighted by molar-refractivity contribution is 0.0939. The Balaban J connectivity index is 2.62. The Hall–Kier alpha value is -0.830. The molecule has 0 atom stereocenters. The van der Waals surface area contributed by atoms with Gasteiger partial charge in [-0.15, -0.1) is 0 Å². The van der Waals surface area contributed by atoms with Gasteiger partial charge in [0, 0.05) is 16.6 Å². The highest BCUT2D eigenvalue weighted by Gasteiger charge is 2.12. The van der Waals surface area contributed by atoms with Crippen LogP contribution in [0.3, 0.4) is 0 Å². The molecule has 1 N–H and O–H groups in total. The normalized spacial score (nSPS) is 11.2. The molecule has 0 heterocycles. The number of hydrogen-bond acceptors (Lipinski definition) is 1. The number of carbonyl (C=O) groups excluding carboxylic acids is 1. The van der Waals surface area contributed by atoms with Gasteiger partial charge in [0.25, 0.3) is 5.91 Å². The van der Waals surface area contributed by atoms with E-state index in [-0.39, 0.29) is 11.3 Å². The van der Waals surface area contributed by atoms with E-state index in [0.29, 0.717) is 12.1 Å². The lowest BCUT2D eigenvalue weighted by atomic mass is 9.97. The van der Waals surface area contributed by atoms with Crippen LogP contribution in [0.5, 0.6) is 0 Å². The maximum Gasteiger partial charge on any atom is 0.251 e. The molecule has 0 spiro atoms. The molecule has 1 aromatic carbocycles. The molecule has 2 nitrogen and oxygen atoms in total. The Morgan fingerprint density at radius 2 is 2.07 bits per heavy atom. The predicted molar refractivity (Wildman–Crippen MR) is 65.9 cm³/mol. The van der Waals surface area contributed by atoms with Crippen LogP contribution in [0.25, 0.3) is 0 Å². The fraction of sp³-hybridized carbons (Fsp3) is 0.417. The third-order valence-corrected chi connectivity index (χ3v) is 2.36. The summed E-state index contributed by atoms with van der Waals surface area (Å²) in [7, 11) is 0. The minimum Gasteiger partial charge on any atom is -0.352 e. The van der Waals surface area contributed by atoms with E-state index in [1.165, 1.54) is 0 Å². The summed E-state index contributed by atoms with van der Waals surface area (Å²) in [6.07, 6.45) is 0. The van der Waals surface area contributed by atoms with Crippen LogP contribution < -0.4 is 5.32 Å². The molecule has 0 bridgehead atoms. The van der Waals surface area contributed by atoms with Gasteiger partial charge in [-0.25, -0.2) is 0 Å². The van der Waals surface area contributed by atoms with Crippen LogP contribution in [-0.4, -0.2) is 12.5 Å². The van der Waals surface area contributed by atoms with E-state index in [2.05, 4.69) is 42.0 Å². The van der Waals surface area contributed by atoms with Crippen LogP contribution in [0.1, 0.15) is 31.1 Å². The molecule has 82 valence electrons. The monoisotopic (exact) mass is 269 g/mol. The minimum absolute atomic E-state index is 0.0220. The van der Waals surface area contributed by atoms with Gasteiger partial charge in [-0.3, -0.25) is 4.79 Å². The average molecular weight is 270 g/mol. The van der Waals surface area contributed by atoms with Gasteiger partial charge in [0.2, 0.25) is 0 Å². The molecular formula is C12H16BrNO. The molecule has 0 aliphatic rings. The van der Waals surface area contributed by atoms with Crippen molar-refractivity contribution in [1.29, 1.82) is 0 Å². The molecular weight excluding hydrogens is 254 g/mol. The number of carbonyl (C=O) groups is 1. The molecule has 1 aromatic rings. The lowest BCUT2D eigenvalue weighted by Crippen LogP contribution is -2.32. The van der Waals surface area contributed by atoms with Crippen molar-refractivity contribution in [3.63, 3.8) is 0 Å². The highest BCUT2D eigenvalue weighted by atomic mass is 79.9. The third kappa shape index (κ3) is 4.47. The summed E-state index contributed by atoms with van der Waals surface area (Å²) >= 11 is 3.34. The summed E-state index contributed by atoms with van der Waals surface area (Å²) in [5.41, 5.74) is 0.801. The van der Waals surface area contributed by atoms with Gasteiger partial charge >= 0.3 is 0 Å². The molecule has 0 saturated carbocycles. The van der Waals surface area contributed by atoms with E-state index in [1.807, 2.05) is 24.3 Å². The van der Waals surface area contributed by atoms with Gasteiger partial charge in [0.15, 0.2) is 0 Å². The molecule has 0 fully saturated rings. The summed E-state index contributed by atoms with van der Waals surface area (Å²) in [6.45, 7) is 6.95. The van der Waals surface area contributed by atoms with Crippen LogP contribution in [-0.2, 0) is 0 Å². The molecule has 0 aliphatic heterocycles. The van der Waals surface area contributed by atoms with Gasteiger partial charge in [-0.1, -0.05) is 42.8 Å².